The number of hydrogen-bond acceptors (Lipinski definition) is 5. The summed E-state index contributed by atoms with van der Waals surface area (Å²) in [4.78, 5) is 37.1. The summed E-state index contributed by atoms with van der Waals surface area (Å²) in [5.41, 5.74) is 1.25. The lowest BCUT2D eigenvalue weighted by atomic mass is 10.1. The van der Waals surface area contributed by atoms with Crippen LogP contribution in [0.2, 0.25) is 0 Å². The lowest BCUT2D eigenvalue weighted by Crippen LogP contribution is -2.48. The molecule has 4 heterocycles. The van der Waals surface area contributed by atoms with Gasteiger partial charge in [0, 0.05) is 30.7 Å². The lowest BCUT2D eigenvalue weighted by molar-refractivity contribution is 0.101. The highest BCUT2D eigenvalue weighted by atomic mass is 79.9. The second-order valence-electron chi connectivity index (χ2n) is 6.14. The second-order valence-corrected chi connectivity index (χ2v) is 7.06. The molecule has 2 amide bonds. The molecule has 1 unspecified atom stereocenters. The maximum absolute atomic E-state index is 12.9. The lowest BCUT2D eigenvalue weighted by Gasteiger charge is -2.35. The molecule has 2 aliphatic rings. The summed E-state index contributed by atoms with van der Waals surface area (Å²) in [5, 5.41) is 2.83. The summed E-state index contributed by atoms with van der Waals surface area (Å²) < 4.78 is 0.834. The van der Waals surface area contributed by atoms with E-state index in [1.165, 1.54) is 6.92 Å². The van der Waals surface area contributed by atoms with Crippen LogP contribution in [0.3, 0.4) is 0 Å². The third kappa shape index (κ3) is 2.86. The van der Waals surface area contributed by atoms with E-state index in [4.69, 9.17) is 0 Å². The first-order valence-corrected chi connectivity index (χ1v) is 8.81. The number of carbonyl (C=O) groups excluding carboxylic acids is 2. The highest BCUT2D eigenvalue weighted by Crippen LogP contribution is 2.39. The van der Waals surface area contributed by atoms with E-state index in [9.17, 15) is 9.59 Å². The van der Waals surface area contributed by atoms with Gasteiger partial charge in [-0.2, -0.15) is 0 Å². The van der Waals surface area contributed by atoms with Crippen LogP contribution in [-0.2, 0) is 0 Å². The fourth-order valence-corrected chi connectivity index (χ4v) is 3.65. The molecule has 0 spiro atoms. The number of carbonyl (C=O) groups is 2. The van der Waals surface area contributed by atoms with Crippen molar-refractivity contribution < 1.29 is 9.59 Å². The Hall–Kier alpha value is -2.48. The Labute approximate surface area is 153 Å². The second kappa shape index (κ2) is 6.11. The number of pyridine rings is 2. The minimum absolute atomic E-state index is 0.0364. The molecule has 7 nitrogen and oxygen atoms in total. The van der Waals surface area contributed by atoms with Gasteiger partial charge in [-0.3, -0.25) is 15.0 Å². The van der Waals surface area contributed by atoms with Crippen molar-refractivity contribution in [1.29, 1.82) is 0 Å². The molecule has 0 aromatic carbocycles. The number of nitrogens with zero attached hydrogens (tertiary/aromatic N) is 4. The van der Waals surface area contributed by atoms with Crippen LogP contribution >= 0.6 is 15.9 Å². The van der Waals surface area contributed by atoms with E-state index in [0.717, 1.165) is 29.7 Å². The van der Waals surface area contributed by atoms with Gasteiger partial charge in [-0.15, -0.1) is 0 Å². The summed E-state index contributed by atoms with van der Waals surface area (Å²) in [6, 6.07) is 6.87. The van der Waals surface area contributed by atoms with Gasteiger partial charge in [0.25, 0.3) is 0 Å². The number of fused-ring (bicyclic) bond motifs is 4. The molecule has 2 bridgehead atoms. The van der Waals surface area contributed by atoms with Gasteiger partial charge in [0.2, 0.25) is 0 Å². The molecule has 2 aromatic heterocycles. The number of hydrogen-bond donors (Lipinski definition) is 1. The van der Waals surface area contributed by atoms with E-state index in [2.05, 4.69) is 36.1 Å². The average molecular weight is 402 g/mol. The van der Waals surface area contributed by atoms with Gasteiger partial charge in [-0.05, 0) is 30.7 Å². The molecular weight excluding hydrogens is 386 g/mol. The normalized spacial score (nSPS) is 18.1. The molecule has 128 valence electrons. The molecule has 1 fully saturated rings. The van der Waals surface area contributed by atoms with Crippen LogP contribution in [0.4, 0.5) is 22.1 Å². The number of amides is 2. The van der Waals surface area contributed by atoms with Crippen molar-refractivity contribution in [2.24, 2.45) is 0 Å². The van der Waals surface area contributed by atoms with Gasteiger partial charge >= 0.3 is 6.03 Å². The molecule has 1 saturated heterocycles. The van der Waals surface area contributed by atoms with Crippen molar-refractivity contribution in [3.8, 4) is 0 Å². The number of ketones is 1. The number of Topliss-reactive ketones (excluding diaryl/α,β-unsaturated/α-hetero) is 1. The number of nitrogens with one attached hydrogen (secondary N) is 1. The van der Waals surface area contributed by atoms with Crippen LogP contribution in [0, 0.1) is 0 Å². The Morgan fingerprint density at radius 2 is 2.16 bits per heavy atom. The molecule has 0 saturated carbocycles. The van der Waals surface area contributed by atoms with E-state index >= 15 is 0 Å². The zero-order valence-corrected chi connectivity index (χ0v) is 15.2. The molecule has 0 radical (unpaired) electrons. The van der Waals surface area contributed by atoms with Gasteiger partial charge in [-0.1, -0.05) is 15.9 Å². The first-order chi connectivity index (χ1) is 12.0. The maximum Gasteiger partial charge on any atom is 0.329 e. The summed E-state index contributed by atoms with van der Waals surface area (Å²) in [7, 11) is 0. The van der Waals surface area contributed by atoms with Gasteiger partial charge in [0.05, 0.1) is 11.7 Å². The van der Waals surface area contributed by atoms with Gasteiger partial charge in [0.15, 0.2) is 11.6 Å². The molecule has 25 heavy (non-hydrogen) atoms. The summed E-state index contributed by atoms with van der Waals surface area (Å²) in [6.45, 7) is 3.12. The zero-order valence-electron chi connectivity index (χ0n) is 13.6. The fourth-order valence-electron chi connectivity index (χ4n) is 3.31. The van der Waals surface area contributed by atoms with E-state index < -0.39 is 0 Å². The highest BCUT2D eigenvalue weighted by molar-refractivity contribution is 9.10. The highest BCUT2D eigenvalue weighted by Gasteiger charge is 2.40. The summed E-state index contributed by atoms with van der Waals surface area (Å²) >= 11 is 3.37. The molecule has 1 atom stereocenters. The third-order valence-electron chi connectivity index (χ3n) is 4.49. The minimum atomic E-state index is -0.286. The maximum atomic E-state index is 12.9. The van der Waals surface area contributed by atoms with Crippen molar-refractivity contribution >= 4 is 45.1 Å². The summed E-state index contributed by atoms with van der Waals surface area (Å²) in [5.74, 6) is 0.878. The number of urea groups is 1. The summed E-state index contributed by atoms with van der Waals surface area (Å²) in [6.07, 6.45) is 2.48. The molecule has 1 N–H and O–H groups in total. The van der Waals surface area contributed by atoms with Gasteiger partial charge < -0.3 is 4.90 Å². The van der Waals surface area contributed by atoms with Gasteiger partial charge in [0.1, 0.15) is 11.5 Å². The SMILES string of the molecule is CC(=O)c1ccc2c(n1)N(C(=O)Nc1cc(Br)ccn1)C1CCN2C1. The largest absolute Gasteiger partial charge is 0.366 e. The van der Waals surface area contributed by atoms with Crippen LogP contribution in [0.15, 0.2) is 34.9 Å². The molecular formula is C17H16BrN5O2. The Kier molecular flexibility index (Phi) is 3.91. The zero-order chi connectivity index (χ0) is 17.6. The molecule has 2 aliphatic heterocycles. The smallest absolute Gasteiger partial charge is 0.329 e. The van der Waals surface area contributed by atoms with Crippen LogP contribution < -0.4 is 15.1 Å². The minimum Gasteiger partial charge on any atom is -0.366 e. The Morgan fingerprint density at radius 1 is 1.32 bits per heavy atom. The predicted octanol–water partition coefficient (Wildman–Crippen LogP) is 3.07. The molecule has 0 aliphatic carbocycles. The van der Waals surface area contributed by atoms with Crippen molar-refractivity contribution in [1.82, 2.24) is 9.97 Å². The number of aromatic nitrogens is 2. The third-order valence-corrected chi connectivity index (χ3v) is 4.98. The first kappa shape index (κ1) is 16.0. The monoisotopic (exact) mass is 401 g/mol. The topological polar surface area (TPSA) is 78.4 Å². The Bertz CT molecular complexity index is 872. The number of anilines is 3. The van der Waals surface area contributed by atoms with Crippen LogP contribution in [0.1, 0.15) is 23.8 Å². The van der Waals surface area contributed by atoms with E-state index in [1.807, 2.05) is 6.07 Å². The van der Waals surface area contributed by atoms with Crippen molar-refractivity contribution in [2.45, 2.75) is 19.4 Å². The van der Waals surface area contributed by atoms with E-state index in [0.29, 0.717) is 17.3 Å². The van der Waals surface area contributed by atoms with E-state index in [-0.39, 0.29) is 17.9 Å². The molecule has 4 rings (SSSR count). The van der Waals surface area contributed by atoms with Crippen LogP contribution in [-0.4, -0.2) is 40.9 Å². The van der Waals surface area contributed by atoms with E-state index in [1.54, 1.807) is 29.3 Å². The number of rotatable bonds is 2. The molecule has 8 heteroatoms. The van der Waals surface area contributed by atoms with Crippen LogP contribution in [0.5, 0.6) is 0 Å². The average Bonchev–Trinajstić information content (AvgIpc) is 2.99. The quantitative estimate of drug-likeness (QED) is 0.782. The Morgan fingerprint density at radius 3 is 2.92 bits per heavy atom. The first-order valence-electron chi connectivity index (χ1n) is 8.01. The van der Waals surface area contributed by atoms with Crippen molar-refractivity contribution in [3.63, 3.8) is 0 Å². The van der Waals surface area contributed by atoms with Crippen LogP contribution in [0.25, 0.3) is 0 Å². The van der Waals surface area contributed by atoms with Crippen molar-refractivity contribution in [2.75, 3.05) is 28.2 Å². The number of halogens is 1. The van der Waals surface area contributed by atoms with Gasteiger partial charge in [-0.25, -0.2) is 14.8 Å². The standard InChI is InChI=1S/C17H16BrN5O2/c1-10(24)13-2-3-14-16(20-13)23(12-5-7-22(14)9-12)17(25)21-15-8-11(18)4-6-19-15/h2-4,6,8,12H,5,7,9H2,1H3,(H,19,21,25). The Balaban J connectivity index is 1.71. The van der Waals surface area contributed by atoms with Crippen molar-refractivity contribution in [3.05, 3.63) is 40.6 Å². The predicted molar refractivity (Wildman–Crippen MR) is 98.3 cm³/mol. The molecule has 2 aromatic rings. The fraction of sp³-hybridized carbons (Fsp3) is 0.294.